The number of fused-ring (bicyclic) bond motifs is 1. The van der Waals surface area contributed by atoms with Gasteiger partial charge in [0.1, 0.15) is 11.6 Å². The molecule has 2 aliphatic rings. The zero-order valence-electron chi connectivity index (χ0n) is 18.6. The van der Waals surface area contributed by atoms with Crippen LogP contribution >= 0.6 is 15.9 Å². The Balaban J connectivity index is 1.26. The van der Waals surface area contributed by atoms with E-state index in [9.17, 15) is 9.90 Å². The molecule has 2 aromatic heterocycles. The summed E-state index contributed by atoms with van der Waals surface area (Å²) in [5.41, 5.74) is 2.08. The summed E-state index contributed by atoms with van der Waals surface area (Å²) in [6.45, 7) is 5.27. The quantitative estimate of drug-likeness (QED) is 0.462. The number of phenols is 1. The van der Waals surface area contributed by atoms with Gasteiger partial charge in [-0.15, -0.1) is 0 Å². The van der Waals surface area contributed by atoms with Crippen LogP contribution in [0.25, 0.3) is 16.9 Å². The summed E-state index contributed by atoms with van der Waals surface area (Å²) < 4.78 is 7.76. The number of phenolic OH excluding ortho intramolecular Hbond substituents is 1. The van der Waals surface area contributed by atoms with Crippen molar-refractivity contribution in [3.05, 3.63) is 41.0 Å². The third-order valence-electron chi connectivity index (χ3n) is 6.55. The van der Waals surface area contributed by atoms with Crippen molar-refractivity contribution in [2.45, 2.75) is 32.2 Å². The van der Waals surface area contributed by atoms with Crippen LogP contribution in [0.15, 0.2) is 41.0 Å². The van der Waals surface area contributed by atoms with Crippen LogP contribution in [-0.4, -0.2) is 62.9 Å². The third-order valence-corrected chi connectivity index (χ3v) is 7.11. The monoisotopic (exact) mass is 513 g/mol. The minimum Gasteiger partial charge on any atom is -0.507 e. The van der Waals surface area contributed by atoms with Crippen molar-refractivity contribution in [2.75, 3.05) is 31.6 Å². The second kappa shape index (κ2) is 9.30. The van der Waals surface area contributed by atoms with E-state index in [4.69, 9.17) is 9.72 Å². The molecule has 174 valence electrons. The van der Waals surface area contributed by atoms with Gasteiger partial charge in [-0.2, -0.15) is 9.61 Å². The first-order chi connectivity index (χ1) is 16.0. The van der Waals surface area contributed by atoms with Crippen LogP contribution in [-0.2, 0) is 9.53 Å². The fourth-order valence-electron chi connectivity index (χ4n) is 4.66. The molecule has 1 saturated carbocycles. The summed E-state index contributed by atoms with van der Waals surface area (Å²) in [5.74, 6) is 1.55. The number of nitrogens with one attached hydrogen (secondary N) is 1. The number of para-hydroxylation sites is 1. The predicted octanol–water partition coefficient (Wildman–Crippen LogP) is 3.94. The van der Waals surface area contributed by atoms with Gasteiger partial charge in [0.05, 0.1) is 28.9 Å². The van der Waals surface area contributed by atoms with Crippen LogP contribution in [0.2, 0.25) is 0 Å². The van der Waals surface area contributed by atoms with Crippen LogP contribution in [0.1, 0.15) is 26.2 Å². The number of likely N-dealkylation sites (tertiary alicyclic amines) is 1. The molecular formula is C24H28BrN5O3. The van der Waals surface area contributed by atoms with Crippen LogP contribution in [0, 0.1) is 11.8 Å². The van der Waals surface area contributed by atoms with Crippen molar-refractivity contribution in [1.29, 1.82) is 0 Å². The van der Waals surface area contributed by atoms with Gasteiger partial charge in [0, 0.05) is 37.3 Å². The summed E-state index contributed by atoms with van der Waals surface area (Å²) in [4.78, 5) is 19.1. The number of aromatic hydroxyl groups is 1. The van der Waals surface area contributed by atoms with Gasteiger partial charge >= 0.3 is 5.97 Å². The number of ether oxygens (including phenoxy) is 1. The highest BCUT2D eigenvalue weighted by Crippen LogP contribution is 2.40. The summed E-state index contributed by atoms with van der Waals surface area (Å²) in [5, 5.41) is 18.5. The number of hydrogen-bond acceptors (Lipinski definition) is 7. The third kappa shape index (κ3) is 4.70. The average Bonchev–Trinajstić information content (AvgIpc) is 3.49. The topological polar surface area (TPSA) is 92.0 Å². The molecule has 0 amide bonds. The molecule has 9 heteroatoms. The fourth-order valence-corrected chi connectivity index (χ4v) is 5.00. The summed E-state index contributed by atoms with van der Waals surface area (Å²) in [7, 11) is 0. The molecule has 3 aromatic rings. The molecule has 1 aromatic carbocycles. The Bertz CT molecular complexity index is 1160. The van der Waals surface area contributed by atoms with Gasteiger partial charge < -0.3 is 20.1 Å². The van der Waals surface area contributed by atoms with Gasteiger partial charge in [0.25, 0.3) is 0 Å². The molecule has 0 spiro atoms. The second-order valence-electron chi connectivity index (χ2n) is 8.85. The standard InChI is InChI=1S/C24H28BrN5O3/c1-2-33-24(32)18-11-15(18)14-29-9-7-16(8-10-29)27-22-12-20(17-5-3-4-6-21(17)31)28-23-19(25)13-26-30(22)23/h3-6,12-13,15-16,18,27,31H,2,7-11,14H2,1H3. The van der Waals surface area contributed by atoms with E-state index in [1.165, 1.54) is 0 Å². The van der Waals surface area contributed by atoms with Gasteiger partial charge in [-0.1, -0.05) is 12.1 Å². The maximum Gasteiger partial charge on any atom is 0.309 e. The van der Waals surface area contributed by atoms with Gasteiger partial charge in [0.2, 0.25) is 0 Å². The molecule has 2 atom stereocenters. The van der Waals surface area contributed by atoms with Gasteiger partial charge in [-0.25, -0.2) is 4.98 Å². The summed E-state index contributed by atoms with van der Waals surface area (Å²) >= 11 is 3.54. The first-order valence-electron chi connectivity index (χ1n) is 11.5. The molecule has 2 N–H and O–H groups in total. The smallest absolute Gasteiger partial charge is 0.309 e. The molecule has 2 unspecified atom stereocenters. The number of hydrogen-bond donors (Lipinski definition) is 2. The van der Waals surface area contributed by atoms with E-state index in [1.54, 1.807) is 22.8 Å². The number of piperidine rings is 1. The van der Waals surface area contributed by atoms with E-state index in [2.05, 4.69) is 31.2 Å². The van der Waals surface area contributed by atoms with Crippen molar-refractivity contribution in [1.82, 2.24) is 19.5 Å². The molecule has 8 nitrogen and oxygen atoms in total. The Labute approximate surface area is 201 Å². The van der Waals surface area contributed by atoms with E-state index < -0.39 is 0 Å². The molecule has 0 radical (unpaired) electrons. The van der Waals surface area contributed by atoms with E-state index in [0.29, 0.717) is 35.5 Å². The molecule has 5 rings (SSSR count). The fraction of sp³-hybridized carbons (Fsp3) is 0.458. The number of rotatable bonds is 7. The largest absolute Gasteiger partial charge is 0.507 e. The molecule has 1 aliphatic carbocycles. The van der Waals surface area contributed by atoms with E-state index in [0.717, 1.165) is 49.2 Å². The minimum absolute atomic E-state index is 0.0357. The number of benzene rings is 1. The summed E-state index contributed by atoms with van der Waals surface area (Å²) in [6.07, 6.45) is 4.71. The summed E-state index contributed by atoms with van der Waals surface area (Å²) in [6, 6.07) is 9.48. The SMILES string of the molecule is CCOC(=O)C1CC1CN1CCC(Nc2cc(-c3ccccc3O)nc3c(Br)cnn23)CC1. The average molecular weight is 514 g/mol. The molecule has 1 saturated heterocycles. The van der Waals surface area contributed by atoms with Crippen molar-refractivity contribution < 1.29 is 14.6 Å². The molecule has 0 bridgehead atoms. The number of halogens is 1. The number of anilines is 1. The zero-order valence-corrected chi connectivity index (χ0v) is 20.2. The van der Waals surface area contributed by atoms with E-state index in [-0.39, 0.29) is 17.6 Å². The maximum atomic E-state index is 11.9. The van der Waals surface area contributed by atoms with Crippen molar-refractivity contribution in [3.63, 3.8) is 0 Å². The van der Waals surface area contributed by atoms with Crippen molar-refractivity contribution in [3.8, 4) is 17.0 Å². The lowest BCUT2D eigenvalue weighted by Crippen LogP contribution is -2.40. The van der Waals surface area contributed by atoms with Crippen LogP contribution in [0.5, 0.6) is 5.75 Å². The van der Waals surface area contributed by atoms with Crippen LogP contribution < -0.4 is 5.32 Å². The first-order valence-corrected chi connectivity index (χ1v) is 12.3. The highest BCUT2D eigenvalue weighted by Gasteiger charge is 2.45. The Kier molecular flexibility index (Phi) is 6.25. The molecule has 2 fully saturated rings. The van der Waals surface area contributed by atoms with Crippen LogP contribution in [0.3, 0.4) is 0 Å². The van der Waals surface area contributed by atoms with Gasteiger partial charge in [-0.05, 0) is 60.2 Å². The predicted molar refractivity (Wildman–Crippen MR) is 129 cm³/mol. The zero-order chi connectivity index (χ0) is 22.9. The van der Waals surface area contributed by atoms with Gasteiger partial charge in [0.15, 0.2) is 5.65 Å². The second-order valence-corrected chi connectivity index (χ2v) is 9.70. The van der Waals surface area contributed by atoms with E-state index in [1.807, 2.05) is 25.1 Å². The molecular weight excluding hydrogens is 486 g/mol. The Morgan fingerprint density at radius 3 is 2.85 bits per heavy atom. The van der Waals surface area contributed by atoms with Crippen LogP contribution in [0.4, 0.5) is 5.82 Å². The molecule has 33 heavy (non-hydrogen) atoms. The van der Waals surface area contributed by atoms with Gasteiger partial charge in [-0.3, -0.25) is 4.79 Å². The highest BCUT2D eigenvalue weighted by molar-refractivity contribution is 9.10. The normalized spacial score (nSPS) is 21.3. The number of carbonyl (C=O) groups is 1. The number of esters is 1. The Morgan fingerprint density at radius 2 is 2.09 bits per heavy atom. The Hall–Kier alpha value is -2.65. The lowest BCUT2D eigenvalue weighted by Gasteiger charge is -2.33. The van der Waals surface area contributed by atoms with E-state index >= 15 is 0 Å². The molecule has 3 heterocycles. The number of carbonyl (C=O) groups excluding carboxylic acids is 1. The van der Waals surface area contributed by atoms with Crippen molar-refractivity contribution >= 4 is 33.4 Å². The molecule has 1 aliphatic heterocycles. The first kappa shape index (κ1) is 22.2. The lowest BCUT2D eigenvalue weighted by molar-refractivity contribution is -0.145. The number of aromatic nitrogens is 3. The maximum absolute atomic E-state index is 11.9. The highest BCUT2D eigenvalue weighted by atomic mass is 79.9. The number of nitrogens with zero attached hydrogens (tertiary/aromatic N) is 4. The van der Waals surface area contributed by atoms with Crippen molar-refractivity contribution in [2.24, 2.45) is 11.8 Å². The minimum atomic E-state index is -0.0357. The Morgan fingerprint density at radius 1 is 1.30 bits per heavy atom. The lowest BCUT2D eigenvalue weighted by atomic mass is 10.0.